The number of hydrogen-bond donors (Lipinski definition) is 2. The second-order valence-electron chi connectivity index (χ2n) is 4.70. The standard InChI is InChI=1S/C12H16N2O/c1-12(2,3)11(14)9-6-4-5-8(7-13)10(9)15/h4-6,11,15H,14H2,1-3H3/t11-/m1/s1. The summed E-state index contributed by atoms with van der Waals surface area (Å²) in [7, 11) is 0. The lowest BCUT2D eigenvalue weighted by atomic mass is 9.82. The summed E-state index contributed by atoms with van der Waals surface area (Å²) >= 11 is 0. The first-order valence-corrected chi connectivity index (χ1v) is 4.85. The molecule has 0 amide bonds. The maximum Gasteiger partial charge on any atom is 0.138 e. The molecule has 1 aromatic rings. The summed E-state index contributed by atoms with van der Waals surface area (Å²) < 4.78 is 0. The predicted molar refractivity (Wildman–Crippen MR) is 59.2 cm³/mol. The minimum absolute atomic E-state index is 0.00225. The van der Waals surface area contributed by atoms with Gasteiger partial charge < -0.3 is 10.8 Å². The summed E-state index contributed by atoms with van der Waals surface area (Å²) in [6, 6.07) is 6.72. The van der Waals surface area contributed by atoms with E-state index in [0.717, 1.165) is 0 Å². The Morgan fingerprint density at radius 2 is 2.00 bits per heavy atom. The van der Waals surface area contributed by atoms with Gasteiger partial charge in [-0.05, 0) is 11.5 Å². The van der Waals surface area contributed by atoms with Crippen molar-refractivity contribution >= 4 is 0 Å². The van der Waals surface area contributed by atoms with Crippen molar-refractivity contribution in [3.8, 4) is 11.8 Å². The molecule has 0 spiro atoms. The molecule has 1 atom stereocenters. The lowest BCUT2D eigenvalue weighted by Crippen LogP contribution is -2.26. The van der Waals surface area contributed by atoms with Gasteiger partial charge in [-0.15, -0.1) is 0 Å². The summed E-state index contributed by atoms with van der Waals surface area (Å²) in [6.45, 7) is 5.99. The van der Waals surface area contributed by atoms with Crippen molar-refractivity contribution in [2.24, 2.45) is 11.1 Å². The summed E-state index contributed by atoms with van der Waals surface area (Å²) in [4.78, 5) is 0. The Morgan fingerprint density at radius 3 is 2.47 bits per heavy atom. The van der Waals surface area contributed by atoms with Gasteiger partial charge in [0, 0.05) is 11.6 Å². The summed E-state index contributed by atoms with van der Waals surface area (Å²) in [5.41, 5.74) is 6.78. The third-order valence-corrected chi connectivity index (χ3v) is 2.46. The maximum absolute atomic E-state index is 9.82. The molecule has 0 saturated heterocycles. The molecule has 0 aliphatic heterocycles. The van der Waals surface area contributed by atoms with E-state index in [0.29, 0.717) is 5.56 Å². The Labute approximate surface area is 90.1 Å². The van der Waals surface area contributed by atoms with Crippen molar-refractivity contribution in [1.82, 2.24) is 0 Å². The highest BCUT2D eigenvalue weighted by Gasteiger charge is 2.25. The molecule has 15 heavy (non-hydrogen) atoms. The van der Waals surface area contributed by atoms with E-state index < -0.39 is 0 Å². The number of benzene rings is 1. The normalized spacial score (nSPS) is 13.3. The van der Waals surface area contributed by atoms with E-state index in [4.69, 9.17) is 11.0 Å². The molecular weight excluding hydrogens is 188 g/mol. The van der Waals surface area contributed by atoms with E-state index in [1.807, 2.05) is 26.8 Å². The average molecular weight is 204 g/mol. The number of phenols is 1. The number of para-hydroxylation sites is 1. The second-order valence-corrected chi connectivity index (χ2v) is 4.70. The van der Waals surface area contributed by atoms with E-state index in [1.165, 1.54) is 0 Å². The first-order valence-electron chi connectivity index (χ1n) is 4.85. The number of nitriles is 1. The zero-order valence-electron chi connectivity index (χ0n) is 9.28. The van der Waals surface area contributed by atoms with Gasteiger partial charge in [-0.3, -0.25) is 0 Å². The van der Waals surface area contributed by atoms with Crippen LogP contribution in [0.5, 0.6) is 5.75 Å². The van der Waals surface area contributed by atoms with Crippen LogP contribution in [0.25, 0.3) is 0 Å². The van der Waals surface area contributed by atoms with Gasteiger partial charge in [0.2, 0.25) is 0 Å². The van der Waals surface area contributed by atoms with Crippen molar-refractivity contribution in [2.45, 2.75) is 26.8 Å². The van der Waals surface area contributed by atoms with Crippen LogP contribution in [-0.2, 0) is 0 Å². The highest BCUT2D eigenvalue weighted by Crippen LogP contribution is 2.36. The van der Waals surface area contributed by atoms with E-state index in [9.17, 15) is 5.11 Å². The van der Waals surface area contributed by atoms with Crippen molar-refractivity contribution in [2.75, 3.05) is 0 Å². The van der Waals surface area contributed by atoms with E-state index in [1.54, 1.807) is 18.2 Å². The lowest BCUT2D eigenvalue weighted by Gasteiger charge is -2.28. The third-order valence-electron chi connectivity index (χ3n) is 2.46. The van der Waals surface area contributed by atoms with Gasteiger partial charge in [-0.25, -0.2) is 0 Å². The molecule has 0 radical (unpaired) electrons. The minimum Gasteiger partial charge on any atom is -0.506 e. The first-order chi connectivity index (χ1) is 6.88. The lowest BCUT2D eigenvalue weighted by molar-refractivity contribution is 0.317. The molecule has 1 rings (SSSR count). The minimum atomic E-state index is -0.286. The SMILES string of the molecule is CC(C)(C)[C@H](N)c1cccc(C#N)c1O. The van der Waals surface area contributed by atoms with Gasteiger partial charge in [0.15, 0.2) is 0 Å². The molecule has 0 bridgehead atoms. The fourth-order valence-corrected chi connectivity index (χ4v) is 1.37. The fraction of sp³-hybridized carbons (Fsp3) is 0.417. The summed E-state index contributed by atoms with van der Waals surface area (Å²) in [5.74, 6) is 0.00225. The average Bonchev–Trinajstić information content (AvgIpc) is 2.16. The maximum atomic E-state index is 9.82. The van der Waals surface area contributed by atoms with Gasteiger partial charge in [0.25, 0.3) is 0 Å². The molecule has 0 heterocycles. The Morgan fingerprint density at radius 1 is 1.40 bits per heavy atom. The number of nitrogens with two attached hydrogens (primary N) is 1. The van der Waals surface area contributed by atoms with Crippen LogP contribution < -0.4 is 5.73 Å². The fourth-order valence-electron chi connectivity index (χ4n) is 1.37. The Balaban J connectivity index is 3.23. The van der Waals surface area contributed by atoms with Crippen LogP contribution in [0, 0.1) is 16.7 Å². The Kier molecular flexibility index (Phi) is 3.01. The van der Waals surface area contributed by atoms with E-state index in [2.05, 4.69) is 0 Å². The molecule has 3 heteroatoms. The van der Waals surface area contributed by atoms with Gasteiger partial charge in [0.05, 0.1) is 5.56 Å². The van der Waals surface area contributed by atoms with Crippen LogP contribution in [-0.4, -0.2) is 5.11 Å². The van der Waals surface area contributed by atoms with Gasteiger partial charge in [-0.2, -0.15) is 5.26 Å². The van der Waals surface area contributed by atoms with Crippen molar-refractivity contribution < 1.29 is 5.11 Å². The largest absolute Gasteiger partial charge is 0.506 e. The van der Waals surface area contributed by atoms with Crippen LogP contribution in [0.2, 0.25) is 0 Å². The summed E-state index contributed by atoms with van der Waals surface area (Å²) in [6.07, 6.45) is 0. The van der Waals surface area contributed by atoms with Crippen molar-refractivity contribution in [1.29, 1.82) is 5.26 Å². The highest BCUT2D eigenvalue weighted by molar-refractivity contribution is 5.48. The quantitative estimate of drug-likeness (QED) is 0.737. The molecule has 0 aliphatic carbocycles. The number of phenolic OH excluding ortho intramolecular Hbond substituents is 1. The predicted octanol–water partition coefficient (Wildman–Crippen LogP) is 2.31. The Hall–Kier alpha value is -1.53. The smallest absolute Gasteiger partial charge is 0.138 e. The molecule has 1 aromatic carbocycles. The first kappa shape index (κ1) is 11.5. The molecule has 0 fully saturated rings. The van der Waals surface area contributed by atoms with Crippen LogP contribution in [0.4, 0.5) is 0 Å². The van der Waals surface area contributed by atoms with Crippen molar-refractivity contribution in [3.05, 3.63) is 29.3 Å². The summed E-state index contributed by atoms with van der Waals surface area (Å²) in [5, 5.41) is 18.6. The van der Waals surface area contributed by atoms with Gasteiger partial charge in [0.1, 0.15) is 11.8 Å². The van der Waals surface area contributed by atoms with Crippen LogP contribution >= 0.6 is 0 Å². The molecule has 0 aliphatic rings. The zero-order chi connectivity index (χ0) is 11.6. The van der Waals surface area contributed by atoms with E-state index >= 15 is 0 Å². The molecule has 3 N–H and O–H groups in total. The molecule has 0 saturated carbocycles. The topological polar surface area (TPSA) is 70.0 Å². The van der Waals surface area contributed by atoms with Gasteiger partial charge in [-0.1, -0.05) is 32.9 Å². The number of rotatable bonds is 1. The van der Waals surface area contributed by atoms with E-state index in [-0.39, 0.29) is 22.8 Å². The van der Waals surface area contributed by atoms with Gasteiger partial charge >= 0.3 is 0 Å². The second kappa shape index (κ2) is 3.92. The third kappa shape index (κ3) is 2.28. The number of hydrogen-bond acceptors (Lipinski definition) is 3. The number of aromatic hydroxyl groups is 1. The molecule has 0 aromatic heterocycles. The highest BCUT2D eigenvalue weighted by atomic mass is 16.3. The monoisotopic (exact) mass is 204 g/mol. The Bertz CT molecular complexity index is 399. The molecule has 80 valence electrons. The van der Waals surface area contributed by atoms with Crippen LogP contribution in [0.1, 0.15) is 37.9 Å². The molecular formula is C12H16N2O. The molecule has 3 nitrogen and oxygen atoms in total. The van der Waals surface area contributed by atoms with Crippen molar-refractivity contribution in [3.63, 3.8) is 0 Å². The molecule has 0 unspecified atom stereocenters. The van der Waals surface area contributed by atoms with Crippen LogP contribution in [0.3, 0.4) is 0 Å². The van der Waals surface area contributed by atoms with Crippen LogP contribution in [0.15, 0.2) is 18.2 Å². The zero-order valence-corrected chi connectivity index (χ0v) is 9.28. The number of nitrogens with zero attached hydrogens (tertiary/aromatic N) is 1.